The molecule has 0 radical (unpaired) electrons. The maximum atomic E-state index is 12.1. The van der Waals surface area contributed by atoms with Crippen LogP contribution in [0.3, 0.4) is 0 Å². The number of hydrogen-bond donors (Lipinski definition) is 0. The molecule has 1 saturated carbocycles. The Labute approximate surface area is 158 Å². The van der Waals surface area contributed by atoms with Crippen molar-refractivity contribution in [2.45, 2.75) is 83.6 Å². The molecule has 4 nitrogen and oxygen atoms in total. The van der Waals surface area contributed by atoms with E-state index in [1.807, 2.05) is 6.92 Å². The third kappa shape index (κ3) is 2.44. The van der Waals surface area contributed by atoms with E-state index in [9.17, 15) is 4.79 Å². The minimum Gasteiger partial charge on any atom is -0.460 e. The second-order valence-corrected chi connectivity index (χ2v) is 9.89. The molecule has 0 aromatic carbocycles. The number of cyclic esters (lactones) is 1. The first-order valence-corrected chi connectivity index (χ1v) is 11.2. The molecule has 0 unspecified atom stereocenters. The van der Waals surface area contributed by atoms with E-state index in [1.165, 1.54) is 38.6 Å². The lowest BCUT2D eigenvalue weighted by Crippen LogP contribution is -2.54. The standard InChI is InChI=1S/C22H35NO3/c1-4-14-15-7-5-6-8-23-17(18-9-12(2)22(24)26-18)10-16(20(15)23)19-13(3)11-25-21(14)19/h12-21H,4-11H2,1-3H3/t12-,13+,14+,15+,16-,17-,18-,19-,20+,21+/m0/s1. The number of hydrogen-bond acceptors (Lipinski definition) is 4. The largest absolute Gasteiger partial charge is 0.460 e. The van der Waals surface area contributed by atoms with Gasteiger partial charge in [0.25, 0.3) is 0 Å². The van der Waals surface area contributed by atoms with Crippen molar-refractivity contribution < 1.29 is 14.3 Å². The van der Waals surface area contributed by atoms with Gasteiger partial charge in [0.1, 0.15) is 6.10 Å². The van der Waals surface area contributed by atoms with Gasteiger partial charge in [0.2, 0.25) is 0 Å². The van der Waals surface area contributed by atoms with Crippen LogP contribution in [0.2, 0.25) is 0 Å². The van der Waals surface area contributed by atoms with E-state index in [2.05, 4.69) is 18.7 Å². The zero-order valence-corrected chi connectivity index (χ0v) is 16.6. The second-order valence-electron chi connectivity index (χ2n) is 9.89. The Hall–Kier alpha value is -0.610. The first-order chi connectivity index (χ1) is 12.6. The molecule has 4 saturated heterocycles. The van der Waals surface area contributed by atoms with Crippen molar-refractivity contribution in [1.82, 2.24) is 4.90 Å². The van der Waals surface area contributed by atoms with Crippen LogP contribution in [0.25, 0.3) is 0 Å². The van der Waals surface area contributed by atoms with E-state index >= 15 is 0 Å². The summed E-state index contributed by atoms with van der Waals surface area (Å²) in [6.45, 7) is 8.96. The van der Waals surface area contributed by atoms with Gasteiger partial charge in [-0.15, -0.1) is 0 Å². The summed E-state index contributed by atoms with van der Waals surface area (Å²) in [5, 5.41) is 0. The maximum absolute atomic E-state index is 12.1. The number of esters is 1. The summed E-state index contributed by atoms with van der Waals surface area (Å²) < 4.78 is 12.3. The zero-order valence-electron chi connectivity index (χ0n) is 16.6. The Balaban J connectivity index is 1.50. The fraction of sp³-hybridized carbons (Fsp3) is 0.955. The van der Waals surface area contributed by atoms with Gasteiger partial charge in [-0.25, -0.2) is 0 Å². The predicted molar refractivity (Wildman–Crippen MR) is 99.6 cm³/mol. The minimum absolute atomic E-state index is 0.0260. The molecule has 5 rings (SSSR count). The number of carbonyl (C=O) groups excluding carboxylic acids is 1. The van der Waals surface area contributed by atoms with E-state index in [1.54, 1.807) is 0 Å². The fourth-order valence-corrected chi connectivity index (χ4v) is 7.62. The van der Waals surface area contributed by atoms with Crippen molar-refractivity contribution in [1.29, 1.82) is 0 Å². The molecule has 0 bridgehead atoms. The van der Waals surface area contributed by atoms with Crippen LogP contribution in [0.5, 0.6) is 0 Å². The third-order valence-corrected chi connectivity index (χ3v) is 8.61. The lowest BCUT2D eigenvalue weighted by molar-refractivity contribution is -0.146. The van der Waals surface area contributed by atoms with Crippen molar-refractivity contribution in [3.8, 4) is 0 Å². The molecule has 4 heteroatoms. The van der Waals surface area contributed by atoms with Crippen LogP contribution in [-0.2, 0) is 14.3 Å². The molecule has 5 aliphatic rings. The first kappa shape index (κ1) is 17.5. The molecule has 0 spiro atoms. The van der Waals surface area contributed by atoms with Gasteiger partial charge in [0.05, 0.1) is 12.0 Å². The SMILES string of the molecule is CC[C@@H]1[C@H]2CCCCN3[C@H]2[C@@H](C[C@H]3[C@@H]2C[C@H](C)C(=O)O2)[C@H]2[C@@H]1OC[C@H]2C. The van der Waals surface area contributed by atoms with Crippen molar-refractivity contribution >= 4 is 5.97 Å². The van der Waals surface area contributed by atoms with Crippen LogP contribution in [-0.4, -0.2) is 48.3 Å². The normalized spacial score (nSPS) is 53.9. The highest BCUT2D eigenvalue weighted by molar-refractivity contribution is 5.74. The summed E-state index contributed by atoms with van der Waals surface area (Å²) >= 11 is 0. The number of carbonyl (C=O) groups is 1. The van der Waals surface area contributed by atoms with E-state index < -0.39 is 0 Å². The van der Waals surface area contributed by atoms with Gasteiger partial charge in [-0.1, -0.05) is 33.6 Å². The lowest BCUT2D eigenvalue weighted by atomic mass is 9.60. The van der Waals surface area contributed by atoms with Crippen LogP contribution in [0.15, 0.2) is 0 Å². The monoisotopic (exact) mass is 361 g/mol. The van der Waals surface area contributed by atoms with Crippen molar-refractivity contribution in [2.75, 3.05) is 13.2 Å². The van der Waals surface area contributed by atoms with Gasteiger partial charge < -0.3 is 9.47 Å². The Morgan fingerprint density at radius 3 is 2.73 bits per heavy atom. The molecule has 26 heavy (non-hydrogen) atoms. The average molecular weight is 362 g/mol. The van der Waals surface area contributed by atoms with E-state index in [0.717, 1.165) is 30.8 Å². The lowest BCUT2D eigenvalue weighted by Gasteiger charge is -2.49. The van der Waals surface area contributed by atoms with E-state index in [-0.39, 0.29) is 18.0 Å². The third-order valence-electron chi connectivity index (χ3n) is 8.61. The second kappa shape index (κ2) is 6.48. The van der Waals surface area contributed by atoms with Crippen LogP contribution in [0.1, 0.15) is 59.3 Å². The quantitative estimate of drug-likeness (QED) is 0.706. The Kier molecular flexibility index (Phi) is 4.36. The summed E-state index contributed by atoms with van der Waals surface area (Å²) in [5.74, 6) is 3.72. The van der Waals surface area contributed by atoms with Crippen molar-refractivity contribution in [3.05, 3.63) is 0 Å². The zero-order chi connectivity index (χ0) is 18.0. The number of fused-ring (bicyclic) bond motifs is 2. The topological polar surface area (TPSA) is 38.8 Å². The molecule has 4 aliphatic heterocycles. The molecule has 4 heterocycles. The summed E-state index contributed by atoms with van der Waals surface area (Å²) in [6, 6.07) is 1.15. The highest BCUT2D eigenvalue weighted by Gasteiger charge is 2.61. The summed E-state index contributed by atoms with van der Waals surface area (Å²) in [4.78, 5) is 14.9. The van der Waals surface area contributed by atoms with E-state index in [0.29, 0.717) is 30.0 Å². The highest BCUT2D eigenvalue weighted by Crippen LogP contribution is 2.57. The molecule has 0 N–H and O–H groups in total. The Morgan fingerprint density at radius 2 is 2.00 bits per heavy atom. The van der Waals surface area contributed by atoms with Crippen molar-refractivity contribution in [3.63, 3.8) is 0 Å². The van der Waals surface area contributed by atoms with Gasteiger partial charge in [-0.05, 0) is 61.8 Å². The first-order valence-electron chi connectivity index (χ1n) is 11.2. The average Bonchev–Trinajstić information content (AvgIpc) is 3.22. The Morgan fingerprint density at radius 1 is 1.15 bits per heavy atom. The molecule has 0 aromatic rings. The number of ether oxygens (including phenoxy) is 2. The van der Waals surface area contributed by atoms with Gasteiger partial charge >= 0.3 is 5.97 Å². The maximum Gasteiger partial charge on any atom is 0.309 e. The molecular weight excluding hydrogens is 326 g/mol. The van der Waals surface area contributed by atoms with Crippen molar-refractivity contribution in [2.24, 2.45) is 35.5 Å². The smallest absolute Gasteiger partial charge is 0.309 e. The Bertz CT molecular complexity index is 566. The molecule has 5 fully saturated rings. The van der Waals surface area contributed by atoms with Crippen LogP contribution in [0.4, 0.5) is 0 Å². The molecular formula is C22H35NO3. The highest BCUT2D eigenvalue weighted by atomic mass is 16.6. The number of nitrogens with zero attached hydrogens (tertiary/aromatic N) is 1. The van der Waals surface area contributed by atoms with E-state index in [4.69, 9.17) is 9.47 Å². The molecule has 146 valence electrons. The molecule has 0 aromatic heterocycles. The van der Waals surface area contributed by atoms with Gasteiger partial charge in [0, 0.05) is 18.7 Å². The fourth-order valence-electron chi connectivity index (χ4n) is 7.62. The van der Waals surface area contributed by atoms with Gasteiger partial charge in [-0.2, -0.15) is 0 Å². The minimum atomic E-state index is 0.0260. The van der Waals surface area contributed by atoms with Crippen LogP contribution < -0.4 is 0 Å². The molecule has 1 aliphatic carbocycles. The van der Waals surface area contributed by atoms with Gasteiger partial charge in [-0.3, -0.25) is 9.69 Å². The van der Waals surface area contributed by atoms with Crippen LogP contribution >= 0.6 is 0 Å². The summed E-state index contributed by atoms with van der Waals surface area (Å²) in [7, 11) is 0. The summed E-state index contributed by atoms with van der Waals surface area (Å²) in [6.07, 6.45) is 8.00. The summed E-state index contributed by atoms with van der Waals surface area (Å²) in [5.41, 5.74) is 0. The predicted octanol–water partition coefficient (Wildman–Crippen LogP) is 3.49. The molecule has 10 atom stereocenters. The van der Waals surface area contributed by atoms with Gasteiger partial charge in [0.15, 0.2) is 0 Å². The number of rotatable bonds is 2. The van der Waals surface area contributed by atoms with Crippen LogP contribution in [0, 0.1) is 35.5 Å². The molecule has 0 amide bonds.